The van der Waals surface area contributed by atoms with Gasteiger partial charge in [-0.2, -0.15) is 0 Å². The molecule has 1 aromatic carbocycles. The van der Waals surface area contributed by atoms with E-state index in [9.17, 15) is 18.0 Å². The minimum absolute atomic E-state index is 0.0613. The van der Waals surface area contributed by atoms with Crippen molar-refractivity contribution in [2.75, 3.05) is 13.2 Å². The second kappa shape index (κ2) is 6.89. The summed E-state index contributed by atoms with van der Waals surface area (Å²) in [4.78, 5) is 24.4. The van der Waals surface area contributed by atoms with Crippen molar-refractivity contribution in [3.8, 4) is 0 Å². The number of nitrogens with zero attached hydrogens (tertiary/aromatic N) is 2. The first-order valence-corrected chi connectivity index (χ1v) is 9.25. The maximum atomic E-state index is 12.8. The van der Waals surface area contributed by atoms with Crippen molar-refractivity contribution >= 4 is 22.0 Å². The predicted molar refractivity (Wildman–Crippen MR) is 88.5 cm³/mol. The lowest BCUT2D eigenvalue weighted by Gasteiger charge is -2.22. The summed E-state index contributed by atoms with van der Waals surface area (Å²) < 4.78 is 37.8. The predicted octanol–water partition coefficient (Wildman–Crippen LogP) is 1.29. The Morgan fingerprint density at radius 3 is 2.46 bits per heavy atom. The van der Waals surface area contributed by atoms with Gasteiger partial charge in [-0.25, -0.2) is 22.8 Å². The van der Waals surface area contributed by atoms with Crippen LogP contribution >= 0.6 is 0 Å². The van der Waals surface area contributed by atoms with Gasteiger partial charge in [-0.15, -0.1) is 0 Å². The van der Waals surface area contributed by atoms with Crippen LogP contribution < -0.4 is 4.72 Å². The molecule has 0 aliphatic carbocycles. The van der Waals surface area contributed by atoms with Crippen molar-refractivity contribution in [3.05, 3.63) is 47.3 Å². The van der Waals surface area contributed by atoms with Crippen LogP contribution in [0.4, 0.5) is 4.79 Å². The average molecular weight is 379 g/mol. The molecule has 1 fully saturated rings. The van der Waals surface area contributed by atoms with E-state index >= 15 is 0 Å². The molecule has 2 amide bonds. The fraction of sp³-hybridized carbons (Fsp3) is 0.312. The Kier molecular flexibility index (Phi) is 4.79. The summed E-state index contributed by atoms with van der Waals surface area (Å²) in [5, 5.41) is 3.66. The first kappa shape index (κ1) is 18.1. The Morgan fingerprint density at radius 2 is 1.92 bits per heavy atom. The van der Waals surface area contributed by atoms with Gasteiger partial charge in [0.25, 0.3) is 5.91 Å². The number of sulfonamides is 1. The third-order valence-corrected chi connectivity index (χ3v) is 5.66. The molecule has 138 valence electrons. The number of cyclic esters (lactones) is 1. The molecule has 3 rings (SSSR count). The van der Waals surface area contributed by atoms with Crippen LogP contribution in [0.15, 0.2) is 39.8 Å². The third kappa shape index (κ3) is 3.46. The highest BCUT2D eigenvalue weighted by atomic mass is 32.2. The molecule has 2 heterocycles. The summed E-state index contributed by atoms with van der Waals surface area (Å²) in [6.45, 7) is 2.47. The van der Waals surface area contributed by atoms with Crippen LogP contribution in [-0.2, 0) is 19.6 Å². The summed E-state index contributed by atoms with van der Waals surface area (Å²) in [6, 6.07) is 7.79. The van der Waals surface area contributed by atoms with E-state index in [4.69, 9.17) is 9.26 Å². The van der Waals surface area contributed by atoms with E-state index in [1.54, 1.807) is 30.3 Å². The van der Waals surface area contributed by atoms with Gasteiger partial charge in [0.2, 0.25) is 10.0 Å². The summed E-state index contributed by atoms with van der Waals surface area (Å²) >= 11 is 0. The van der Waals surface area contributed by atoms with Crippen molar-refractivity contribution in [2.24, 2.45) is 0 Å². The Hall–Kier alpha value is -2.72. The molecular formula is C16H17N3O6S. The highest BCUT2D eigenvalue weighted by Gasteiger charge is 2.35. The molecule has 26 heavy (non-hydrogen) atoms. The molecule has 0 saturated carbocycles. The molecular weight excluding hydrogens is 362 g/mol. The Labute approximate surface area is 150 Å². The number of hydrogen-bond donors (Lipinski definition) is 1. The lowest BCUT2D eigenvalue weighted by atomic mass is 10.1. The van der Waals surface area contributed by atoms with E-state index in [1.165, 1.54) is 13.8 Å². The van der Waals surface area contributed by atoms with Gasteiger partial charge >= 0.3 is 6.09 Å². The van der Waals surface area contributed by atoms with Crippen LogP contribution in [0.25, 0.3) is 0 Å². The fourth-order valence-corrected chi connectivity index (χ4v) is 4.29. The first-order valence-electron chi connectivity index (χ1n) is 7.77. The lowest BCUT2D eigenvalue weighted by molar-refractivity contribution is -0.126. The fourth-order valence-electron chi connectivity index (χ4n) is 2.74. The van der Waals surface area contributed by atoms with E-state index < -0.39 is 28.1 Å². The lowest BCUT2D eigenvalue weighted by Crippen LogP contribution is -2.40. The van der Waals surface area contributed by atoms with Crippen molar-refractivity contribution < 1.29 is 27.3 Å². The molecule has 1 unspecified atom stereocenters. The average Bonchev–Trinajstić information content (AvgIpc) is 3.11. The quantitative estimate of drug-likeness (QED) is 0.803. The van der Waals surface area contributed by atoms with Gasteiger partial charge in [0, 0.05) is 0 Å². The second-order valence-corrected chi connectivity index (χ2v) is 7.45. The molecule has 0 radical (unpaired) electrons. The Morgan fingerprint density at radius 1 is 1.23 bits per heavy atom. The molecule has 1 N–H and O–H groups in total. The highest BCUT2D eigenvalue weighted by molar-refractivity contribution is 7.89. The number of carbonyl (C=O) groups is 2. The number of hydrogen-bond acceptors (Lipinski definition) is 7. The number of carbonyl (C=O) groups excluding carboxylic acids is 2. The molecule has 9 nitrogen and oxygen atoms in total. The number of amides is 2. The zero-order valence-corrected chi connectivity index (χ0v) is 14.9. The highest BCUT2D eigenvalue weighted by Crippen LogP contribution is 2.24. The van der Waals surface area contributed by atoms with E-state index in [0.717, 1.165) is 4.90 Å². The topological polar surface area (TPSA) is 119 Å². The number of nitrogens with one attached hydrogen (secondary N) is 1. The minimum Gasteiger partial charge on any atom is -0.439 e. The van der Waals surface area contributed by atoms with Gasteiger partial charge in [-0.3, -0.25) is 4.79 Å². The van der Waals surface area contributed by atoms with Crippen molar-refractivity contribution in [2.45, 2.75) is 24.8 Å². The van der Waals surface area contributed by atoms with Crippen LogP contribution in [0.5, 0.6) is 0 Å². The number of aryl methyl sites for hydroxylation is 2. The Bertz CT molecular complexity index is 903. The third-order valence-electron chi connectivity index (χ3n) is 3.94. The molecule has 10 heteroatoms. The maximum absolute atomic E-state index is 12.8. The SMILES string of the molecule is Cc1noc(C)c1S(=O)(=O)NC(CN1C(=O)COC1=O)c1ccccc1. The standard InChI is InChI=1S/C16H17N3O6S/c1-10-15(11(2)25-17-10)26(22,23)18-13(12-6-4-3-5-7-12)8-19-14(20)9-24-16(19)21/h3-7,13,18H,8-9H2,1-2H3. The van der Waals surface area contributed by atoms with Gasteiger partial charge in [0.05, 0.1) is 12.6 Å². The second-order valence-electron chi connectivity index (χ2n) is 5.80. The van der Waals surface area contributed by atoms with E-state index in [-0.39, 0.29) is 29.5 Å². The van der Waals surface area contributed by atoms with Gasteiger partial charge in [0.15, 0.2) is 12.4 Å². The van der Waals surface area contributed by atoms with Crippen LogP contribution in [0.2, 0.25) is 0 Å². The van der Waals surface area contributed by atoms with E-state index in [2.05, 4.69) is 9.88 Å². The number of benzene rings is 1. The van der Waals surface area contributed by atoms with Crippen LogP contribution in [0.1, 0.15) is 23.1 Å². The monoisotopic (exact) mass is 379 g/mol. The van der Waals surface area contributed by atoms with Gasteiger partial charge < -0.3 is 9.26 Å². The molecule has 0 bridgehead atoms. The minimum atomic E-state index is -4.00. The van der Waals surface area contributed by atoms with E-state index in [1.807, 2.05) is 0 Å². The van der Waals surface area contributed by atoms with Crippen LogP contribution in [0, 0.1) is 13.8 Å². The van der Waals surface area contributed by atoms with Crippen molar-refractivity contribution in [1.29, 1.82) is 0 Å². The van der Waals surface area contributed by atoms with Gasteiger partial charge in [-0.1, -0.05) is 35.5 Å². The summed E-state index contributed by atoms with van der Waals surface area (Å²) in [5.41, 5.74) is 0.814. The summed E-state index contributed by atoms with van der Waals surface area (Å²) in [5.74, 6) is -0.370. The zero-order valence-electron chi connectivity index (χ0n) is 14.1. The smallest absolute Gasteiger partial charge is 0.417 e. The van der Waals surface area contributed by atoms with Crippen molar-refractivity contribution in [1.82, 2.24) is 14.8 Å². The summed E-state index contributed by atoms with van der Waals surface area (Å²) in [7, 11) is -4.00. The molecule has 1 saturated heterocycles. The van der Waals surface area contributed by atoms with Gasteiger partial charge in [-0.05, 0) is 19.4 Å². The van der Waals surface area contributed by atoms with Crippen LogP contribution in [0.3, 0.4) is 0 Å². The normalized spacial score (nSPS) is 16.0. The van der Waals surface area contributed by atoms with E-state index in [0.29, 0.717) is 5.56 Å². The number of ether oxygens (including phenoxy) is 1. The Balaban J connectivity index is 1.94. The first-order chi connectivity index (χ1) is 12.3. The van der Waals surface area contributed by atoms with Crippen molar-refractivity contribution in [3.63, 3.8) is 0 Å². The zero-order chi connectivity index (χ0) is 18.9. The molecule has 1 atom stereocenters. The van der Waals surface area contributed by atoms with Crippen LogP contribution in [-0.4, -0.2) is 43.6 Å². The molecule has 2 aromatic rings. The van der Waals surface area contributed by atoms with Gasteiger partial charge in [0.1, 0.15) is 10.6 Å². The largest absolute Gasteiger partial charge is 0.439 e. The number of aromatic nitrogens is 1. The number of imide groups is 1. The molecule has 1 aromatic heterocycles. The number of rotatable bonds is 6. The molecule has 1 aliphatic heterocycles. The molecule has 1 aliphatic rings. The summed E-state index contributed by atoms with van der Waals surface area (Å²) in [6.07, 6.45) is -0.799. The molecule has 0 spiro atoms. The maximum Gasteiger partial charge on any atom is 0.417 e.